The van der Waals surface area contributed by atoms with Crippen LogP contribution >= 0.6 is 42.2 Å². The second-order valence-electron chi connectivity index (χ2n) is 5.27. The summed E-state index contributed by atoms with van der Waals surface area (Å²) in [6.45, 7) is 1.72. The van der Waals surface area contributed by atoms with Gasteiger partial charge in [0, 0.05) is 10.9 Å². The van der Waals surface area contributed by atoms with Crippen LogP contribution in [-0.2, 0) is 9.09 Å². The minimum absolute atomic E-state index is 0.0792. The van der Waals surface area contributed by atoms with E-state index >= 15 is 0 Å². The number of carbonyl (C=O) groups is 1. The Kier molecular flexibility index (Phi) is 7.12. The van der Waals surface area contributed by atoms with Crippen LogP contribution in [0, 0.1) is 5.82 Å². The highest BCUT2D eigenvalue weighted by molar-refractivity contribution is 7.68. The van der Waals surface area contributed by atoms with E-state index in [0.717, 1.165) is 12.1 Å². The fourth-order valence-corrected chi connectivity index (χ4v) is 5.85. The van der Waals surface area contributed by atoms with E-state index in [0.29, 0.717) is 5.30 Å². The molecule has 0 aliphatic carbocycles. The SMILES string of the molecule is CCO[P@](=O)(c1ccccc1)[C@@H](NC(=O)c1ccc(F)cc1)C(Cl)(Cl)Cl. The fourth-order valence-electron chi connectivity index (χ4n) is 2.29. The Hall–Kier alpha value is -1.10. The van der Waals surface area contributed by atoms with Crippen molar-refractivity contribution in [2.24, 2.45) is 0 Å². The van der Waals surface area contributed by atoms with Gasteiger partial charge in [0.2, 0.25) is 3.79 Å². The second-order valence-corrected chi connectivity index (χ2v) is 10.1. The first kappa shape index (κ1) is 21.2. The van der Waals surface area contributed by atoms with Gasteiger partial charge in [-0.25, -0.2) is 4.39 Å². The molecule has 0 spiro atoms. The Morgan fingerprint density at radius 1 is 1.15 bits per heavy atom. The van der Waals surface area contributed by atoms with Crippen molar-refractivity contribution in [3.63, 3.8) is 0 Å². The Labute approximate surface area is 166 Å². The largest absolute Gasteiger partial charge is 0.336 e. The molecule has 0 saturated carbocycles. The van der Waals surface area contributed by atoms with E-state index < -0.39 is 28.7 Å². The quantitative estimate of drug-likeness (QED) is 0.516. The summed E-state index contributed by atoms with van der Waals surface area (Å²) in [7, 11) is -3.79. The molecule has 2 aromatic rings. The Bertz CT molecular complexity index is 797. The van der Waals surface area contributed by atoms with E-state index in [2.05, 4.69) is 5.32 Å². The van der Waals surface area contributed by atoms with Crippen LogP contribution in [-0.4, -0.2) is 22.1 Å². The number of hydrogen-bond donors (Lipinski definition) is 1. The number of halogens is 4. The van der Waals surface area contributed by atoms with Crippen molar-refractivity contribution in [3.8, 4) is 0 Å². The van der Waals surface area contributed by atoms with Gasteiger partial charge in [0.15, 0.2) is 5.78 Å². The molecule has 0 saturated heterocycles. The van der Waals surface area contributed by atoms with Gasteiger partial charge in [0.25, 0.3) is 13.3 Å². The summed E-state index contributed by atoms with van der Waals surface area (Å²) in [5.41, 5.74) is 0.127. The molecule has 9 heteroatoms. The van der Waals surface area contributed by atoms with E-state index in [4.69, 9.17) is 39.3 Å². The van der Waals surface area contributed by atoms with Crippen molar-refractivity contribution in [3.05, 3.63) is 66.0 Å². The molecular weight excluding hydrogens is 423 g/mol. The lowest BCUT2D eigenvalue weighted by Crippen LogP contribution is -2.46. The Balaban J connectivity index is 2.43. The molecule has 0 aliphatic rings. The van der Waals surface area contributed by atoms with Crippen molar-refractivity contribution < 1.29 is 18.3 Å². The van der Waals surface area contributed by atoms with E-state index in [1.807, 2.05) is 0 Å². The van der Waals surface area contributed by atoms with Gasteiger partial charge in [-0.3, -0.25) is 9.36 Å². The van der Waals surface area contributed by atoms with Gasteiger partial charge in [-0.2, -0.15) is 0 Å². The zero-order chi connectivity index (χ0) is 19.4. The Morgan fingerprint density at radius 2 is 1.73 bits per heavy atom. The number of hydrogen-bond acceptors (Lipinski definition) is 3. The fraction of sp³-hybridized carbons (Fsp3) is 0.235. The van der Waals surface area contributed by atoms with Gasteiger partial charge in [0.05, 0.1) is 6.61 Å². The zero-order valence-corrected chi connectivity index (χ0v) is 16.8. The summed E-state index contributed by atoms with van der Waals surface area (Å²) < 4.78 is 30.1. The first-order valence-electron chi connectivity index (χ1n) is 7.61. The summed E-state index contributed by atoms with van der Waals surface area (Å²) in [4.78, 5) is 12.5. The topological polar surface area (TPSA) is 55.4 Å². The standard InChI is InChI=1S/C17H16Cl3FNO3P/c1-2-25-26(24,14-6-4-3-5-7-14)16(17(18,19)20)22-15(23)12-8-10-13(21)11-9-12/h3-11,16H,2H2,1H3,(H,22,23)/t16-,26-/m1/s1. The molecule has 1 N–H and O–H groups in total. The summed E-state index contributed by atoms with van der Waals surface area (Å²) in [6.07, 6.45) is 0. The van der Waals surface area contributed by atoms with Crippen molar-refractivity contribution in [2.75, 3.05) is 6.61 Å². The highest BCUT2D eigenvalue weighted by Crippen LogP contribution is 2.57. The third-order valence-corrected chi connectivity index (χ3v) is 7.43. The molecule has 2 atom stereocenters. The lowest BCUT2D eigenvalue weighted by atomic mass is 10.2. The minimum atomic E-state index is -3.79. The molecule has 0 heterocycles. The van der Waals surface area contributed by atoms with Crippen LogP contribution in [0.3, 0.4) is 0 Å². The molecule has 0 bridgehead atoms. The highest BCUT2D eigenvalue weighted by Gasteiger charge is 2.49. The van der Waals surface area contributed by atoms with Crippen molar-refractivity contribution in [1.29, 1.82) is 0 Å². The first-order valence-corrected chi connectivity index (χ1v) is 10.4. The number of rotatable bonds is 6. The molecule has 0 aromatic heterocycles. The Morgan fingerprint density at radius 3 is 2.23 bits per heavy atom. The molecule has 4 nitrogen and oxygen atoms in total. The number of nitrogens with one attached hydrogen (secondary N) is 1. The molecule has 0 aliphatic heterocycles. The second kappa shape index (κ2) is 8.73. The molecular formula is C17H16Cl3FNO3P. The van der Waals surface area contributed by atoms with E-state index in [9.17, 15) is 13.8 Å². The summed E-state index contributed by atoms with van der Waals surface area (Å²) in [5.74, 6) is -2.61. The average Bonchev–Trinajstić information content (AvgIpc) is 2.60. The highest BCUT2D eigenvalue weighted by atomic mass is 35.6. The lowest BCUT2D eigenvalue weighted by Gasteiger charge is -2.32. The smallest absolute Gasteiger partial charge is 0.258 e. The number of carbonyl (C=O) groups excluding carboxylic acids is 1. The van der Waals surface area contributed by atoms with Gasteiger partial charge in [-0.05, 0) is 43.3 Å². The van der Waals surface area contributed by atoms with Crippen LogP contribution in [0.2, 0.25) is 0 Å². The van der Waals surface area contributed by atoms with Gasteiger partial charge in [-0.15, -0.1) is 0 Å². The van der Waals surface area contributed by atoms with Crippen LogP contribution in [0.15, 0.2) is 54.6 Å². The third kappa shape index (κ3) is 4.99. The molecule has 2 rings (SSSR count). The normalized spacial score (nSPS) is 15.1. The molecule has 0 unspecified atom stereocenters. The number of alkyl halides is 3. The van der Waals surface area contributed by atoms with Crippen LogP contribution in [0.4, 0.5) is 4.39 Å². The van der Waals surface area contributed by atoms with E-state index in [1.165, 1.54) is 12.1 Å². The maximum atomic E-state index is 13.6. The molecule has 26 heavy (non-hydrogen) atoms. The van der Waals surface area contributed by atoms with Crippen molar-refractivity contribution >= 4 is 53.4 Å². The molecule has 2 aromatic carbocycles. The first-order chi connectivity index (χ1) is 12.2. The predicted molar refractivity (Wildman–Crippen MR) is 103 cm³/mol. The van der Waals surface area contributed by atoms with Gasteiger partial charge in [0.1, 0.15) is 5.82 Å². The summed E-state index contributed by atoms with van der Waals surface area (Å²) in [5, 5.41) is 2.77. The van der Waals surface area contributed by atoms with Crippen LogP contribution < -0.4 is 10.6 Å². The lowest BCUT2D eigenvalue weighted by molar-refractivity contribution is 0.0945. The van der Waals surface area contributed by atoms with Gasteiger partial charge in [-0.1, -0.05) is 53.0 Å². The summed E-state index contributed by atoms with van der Waals surface area (Å²) in [6, 6.07) is 13.0. The maximum Gasteiger partial charge on any atom is 0.258 e. The zero-order valence-electron chi connectivity index (χ0n) is 13.7. The molecule has 140 valence electrons. The van der Waals surface area contributed by atoms with E-state index in [1.54, 1.807) is 37.3 Å². The van der Waals surface area contributed by atoms with Crippen LogP contribution in [0.5, 0.6) is 0 Å². The van der Waals surface area contributed by atoms with Crippen LogP contribution in [0.25, 0.3) is 0 Å². The number of benzene rings is 2. The predicted octanol–water partition coefficient (Wildman–Crippen LogP) is 4.89. The van der Waals surface area contributed by atoms with Crippen LogP contribution in [0.1, 0.15) is 17.3 Å². The average molecular weight is 439 g/mol. The van der Waals surface area contributed by atoms with Crippen molar-refractivity contribution in [1.82, 2.24) is 5.32 Å². The van der Waals surface area contributed by atoms with Gasteiger partial charge < -0.3 is 9.84 Å². The summed E-state index contributed by atoms with van der Waals surface area (Å²) >= 11 is 18.1. The van der Waals surface area contributed by atoms with Gasteiger partial charge >= 0.3 is 0 Å². The maximum absolute atomic E-state index is 13.6. The third-order valence-electron chi connectivity index (χ3n) is 3.46. The van der Waals surface area contributed by atoms with Crippen molar-refractivity contribution in [2.45, 2.75) is 16.5 Å². The van der Waals surface area contributed by atoms with E-state index in [-0.39, 0.29) is 12.2 Å². The minimum Gasteiger partial charge on any atom is -0.336 e. The molecule has 1 amide bonds. The number of amides is 1. The monoisotopic (exact) mass is 437 g/mol. The molecule has 0 fully saturated rings. The molecule has 0 radical (unpaired) electrons.